The van der Waals surface area contributed by atoms with Gasteiger partial charge in [0, 0.05) is 24.5 Å². The van der Waals surface area contributed by atoms with Crippen LogP contribution in [0.3, 0.4) is 0 Å². The summed E-state index contributed by atoms with van der Waals surface area (Å²) in [7, 11) is -3.82. The summed E-state index contributed by atoms with van der Waals surface area (Å²) in [6.07, 6.45) is 1.48. The fraction of sp³-hybridized carbons (Fsp3) is 0.250. The van der Waals surface area contributed by atoms with Gasteiger partial charge in [-0.2, -0.15) is 0 Å². The van der Waals surface area contributed by atoms with Crippen LogP contribution in [0.1, 0.15) is 6.42 Å². The van der Waals surface area contributed by atoms with E-state index in [1.807, 2.05) is 0 Å². The number of thiazole rings is 1. The number of hydrogen-bond acceptors (Lipinski definition) is 6. The van der Waals surface area contributed by atoms with Crippen molar-refractivity contribution in [2.75, 3.05) is 12.3 Å². The third kappa shape index (κ3) is 2.30. The molecule has 0 bridgehead atoms. The Kier molecular flexibility index (Phi) is 3.24. The Balaban J connectivity index is 2.31. The molecule has 2 aromatic heterocycles. The van der Waals surface area contributed by atoms with Crippen LogP contribution in [0.15, 0.2) is 16.6 Å². The standard InChI is InChI=1S/C8H11N5O3S2/c9-5(14)1-2-11-18(15,16)7-6(10)12-8-13(7)3-4-17-8/h3-4,11H,1-2,10H2,(H2,9,14). The zero-order valence-electron chi connectivity index (χ0n) is 9.16. The molecule has 2 rings (SSSR count). The number of aromatic nitrogens is 2. The summed E-state index contributed by atoms with van der Waals surface area (Å²) in [5.74, 6) is -0.659. The highest BCUT2D eigenvalue weighted by molar-refractivity contribution is 7.89. The van der Waals surface area contributed by atoms with E-state index in [0.717, 1.165) is 0 Å². The number of amides is 1. The summed E-state index contributed by atoms with van der Waals surface area (Å²) >= 11 is 1.27. The van der Waals surface area contributed by atoms with Gasteiger partial charge in [-0.15, -0.1) is 11.3 Å². The van der Waals surface area contributed by atoms with Gasteiger partial charge in [-0.1, -0.05) is 0 Å². The van der Waals surface area contributed by atoms with E-state index in [-0.39, 0.29) is 23.8 Å². The van der Waals surface area contributed by atoms with Gasteiger partial charge in [0.15, 0.2) is 15.8 Å². The molecule has 0 aliphatic heterocycles. The van der Waals surface area contributed by atoms with Crippen LogP contribution in [0, 0.1) is 0 Å². The first-order chi connectivity index (χ1) is 8.42. The van der Waals surface area contributed by atoms with Crippen LogP contribution in [0.4, 0.5) is 5.82 Å². The van der Waals surface area contributed by atoms with Gasteiger partial charge in [0.05, 0.1) is 0 Å². The van der Waals surface area contributed by atoms with E-state index in [0.29, 0.717) is 4.96 Å². The van der Waals surface area contributed by atoms with Gasteiger partial charge < -0.3 is 11.5 Å². The average molecular weight is 289 g/mol. The monoisotopic (exact) mass is 289 g/mol. The lowest BCUT2D eigenvalue weighted by Crippen LogP contribution is -2.29. The number of sulfonamides is 1. The minimum atomic E-state index is -3.82. The van der Waals surface area contributed by atoms with Crippen molar-refractivity contribution in [2.24, 2.45) is 5.73 Å². The fourth-order valence-corrected chi connectivity index (χ4v) is 3.44. The van der Waals surface area contributed by atoms with Crippen molar-refractivity contribution in [3.05, 3.63) is 11.6 Å². The van der Waals surface area contributed by atoms with E-state index in [1.54, 1.807) is 11.6 Å². The van der Waals surface area contributed by atoms with Crippen LogP contribution in [0.2, 0.25) is 0 Å². The van der Waals surface area contributed by atoms with Crippen molar-refractivity contribution >= 4 is 38.0 Å². The number of fused-ring (bicyclic) bond motifs is 1. The van der Waals surface area contributed by atoms with Gasteiger partial charge in [0.2, 0.25) is 5.91 Å². The summed E-state index contributed by atoms with van der Waals surface area (Å²) in [5, 5.41) is 1.58. The molecule has 0 aromatic carbocycles. The first-order valence-electron chi connectivity index (χ1n) is 4.91. The molecule has 8 nitrogen and oxygen atoms in total. The topological polar surface area (TPSA) is 133 Å². The number of nitrogens with two attached hydrogens (primary N) is 2. The lowest BCUT2D eigenvalue weighted by molar-refractivity contribution is -0.117. The Morgan fingerprint density at radius 3 is 2.94 bits per heavy atom. The molecule has 0 atom stereocenters. The van der Waals surface area contributed by atoms with Crippen LogP contribution >= 0.6 is 11.3 Å². The number of nitrogen functional groups attached to an aromatic ring is 1. The van der Waals surface area contributed by atoms with E-state index < -0.39 is 15.9 Å². The van der Waals surface area contributed by atoms with Crippen molar-refractivity contribution in [2.45, 2.75) is 11.4 Å². The smallest absolute Gasteiger partial charge is 0.260 e. The molecule has 0 aliphatic carbocycles. The van der Waals surface area contributed by atoms with E-state index in [2.05, 4.69) is 9.71 Å². The number of carbonyl (C=O) groups is 1. The number of imidazole rings is 1. The molecule has 98 valence electrons. The van der Waals surface area contributed by atoms with Gasteiger partial charge in [0.1, 0.15) is 0 Å². The predicted molar refractivity (Wildman–Crippen MR) is 66.5 cm³/mol. The van der Waals surface area contributed by atoms with Crippen molar-refractivity contribution < 1.29 is 13.2 Å². The Bertz CT molecular complexity index is 687. The van der Waals surface area contributed by atoms with E-state index in [4.69, 9.17) is 11.5 Å². The van der Waals surface area contributed by atoms with Crippen molar-refractivity contribution in [3.63, 3.8) is 0 Å². The Morgan fingerprint density at radius 1 is 1.56 bits per heavy atom. The van der Waals surface area contributed by atoms with Crippen LogP contribution < -0.4 is 16.2 Å². The molecule has 0 unspecified atom stereocenters. The molecule has 0 aliphatic rings. The third-order valence-electron chi connectivity index (χ3n) is 2.16. The van der Waals surface area contributed by atoms with Gasteiger partial charge >= 0.3 is 0 Å². The summed E-state index contributed by atoms with van der Waals surface area (Å²) in [4.78, 5) is 15.0. The molecule has 2 heterocycles. The van der Waals surface area contributed by atoms with Crippen LogP contribution in [0.5, 0.6) is 0 Å². The summed E-state index contributed by atoms with van der Waals surface area (Å²) in [6.45, 7) is -0.0749. The SMILES string of the molecule is NC(=O)CCNS(=O)(=O)c1c(N)nc2sccn12. The maximum Gasteiger partial charge on any atom is 0.260 e. The Morgan fingerprint density at radius 2 is 2.28 bits per heavy atom. The second-order valence-electron chi connectivity index (χ2n) is 3.47. The van der Waals surface area contributed by atoms with Crippen molar-refractivity contribution in [1.29, 1.82) is 0 Å². The van der Waals surface area contributed by atoms with E-state index in [1.165, 1.54) is 15.7 Å². The number of nitrogens with zero attached hydrogens (tertiary/aromatic N) is 2. The zero-order valence-corrected chi connectivity index (χ0v) is 10.8. The minimum absolute atomic E-state index is 0.0749. The number of hydrogen-bond donors (Lipinski definition) is 3. The number of nitrogens with one attached hydrogen (secondary N) is 1. The lowest BCUT2D eigenvalue weighted by Gasteiger charge is -2.05. The second-order valence-corrected chi connectivity index (χ2v) is 6.03. The zero-order chi connectivity index (χ0) is 13.3. The van der Waals surface area contributed by atoms with E-state index in [9.17, 15) is 13.2 Å². The lowest BCUT2D eigenvalue weighted by atomic mass is 10.4. The molecule has 0 fully saturated rings. The minimum Gasteiger partial charge on any atom is -0.381 e. The van der Waals surface area contributed by atoms with Crippen molar-refractivity contribution in [3.8, 4) is 0 Å². The number of rotatable bonds is 5. The highest BCUT2D eigenvalue weighted by Crippen LogP contribution is 2.22. The van der Waals surface area contributed by atoms with Gasteiger partial charge in [-0.05, 0) is 0 Å². The molecule has 0 spiro atoms. The van der Waals surface area contributed by atoms with Crippen LogP contribution in [-0.2, 0) is 14.8 Å². The largest absolute Gasteiger partial charge is 0.381 e. The molecule has 1 amide bonds. The number of primary amides is 1. The molecule has 2 aromatic rings. The van der Waals surface area contributed by atoms with Gasteiger partial charge in [-0.3, -0.25) is 9.20 Å². The number of anilines is 1. The normalized spacial score (nSPS) is 12.0. The molecule has 10 heteroatoms. The molecule has 0 saturated carbocycles. The summed E-state index contributed by atoms with van der Waals surface area (Å²) in [6, 6.07) is 0. The van der Waals surface area contributed by atoms with Crippen molar-refractivity contribution in [1.82, 2.24) is 14.1 Å². The average Bonchev–Trinajstić information content (AvgIpc) is 2.74. The highest BCUT2D eigenvalue weighted by Gasteiger charge is 2.24. The van der Waals surface area contributed by atoms with E-state index >= 15 is 0 Å². The fourth-order valence-electron chi connectivity index (χ4n) is 1.43. The highest BCUT2D eigenvalue weighted by atomic mass is 32.2. The molecular weight excluding hydrogens is 278 g/mol. The maximum atomic E-state index is 12.0. The molecule has 5 N–H and O–H groups in total. The van der Waals surface area contributed by atoms with Crippen LogP contribution in [-0.4, -0.2) is 30.3 Å². The van der Waals surface area contributed by atoms with Gasteiger partial charge in [-0.25, -0.2) is 18.1 Å². The quantitative estimate of drug-likeness (QED) is 0.658. The molecular formula is C8H11N5O3S2. The summed E-state index contributed by atoms with van der Waals surface area (Å²) < 4.78 is 27.6. The second kappa shape index (κ2) is 4.55. The first-order valence-corrected chi connectivity index (χ1v) is 7.27. The first kappa shape index (κ1) is 12.8. The predicted octanol–water partition coefficient (Wildman–Crippen LogP) is -0.868. The number of carbonyl (C=O) groups excluding carboxylic acids is 1. The molecule has 0 radical (unpaired) electrons. The Hall–Kier alpha value is -1.65. The Labute approximate surface area is 107 Å². The molecule has 18 heavy (non-hydrogen) atoms. The maximum absolute atomic E-state index is 12.0. The molecule has 0 saturated heterocycles. The van der Waals surface area contributed by atoms with Gasteiger partial charge in [0.25, 0.3) is 10.0 Å². The third-order valence-corrected chi connectivity index (χ3v) is 4.42. The summed E-state index contributed by atoms with van der Waals surface area (Å²) in [5.41, 5.74) is 10.5. The van der Waals surface area contributed by atoms with Crippen LogP contribution in [0.25, 0.3) is 4.96 Å².